The van der Waals surface area contributed by atoms with Gasteiger partial charge in [0.1, 0.15) is 5.76 Å². The lowest BCUT2D eigenvalue weighted by atomic mass is 9.49. The van der Waals surface area contributed by atoms with Crippen molar-refractivity contribution in [3.05, 3.63) is 71.1 Å². The lowest BCUT2D eigenvalue weighted by Crippen LogP contribution is -2.75. The van der Waals surface area contributed by atoms with Gasteiger partial charge < -0.3 is 25.4 Å². The van der Waals surface area contributed by atoms with Crippen LogP contribution in [-0.2, 0) is 16.6 Å². The summed E-state index contributed by atoms with van der Waals surface area (Å²) >= 11 is 0. The van der Waals surface area contributed by atoms with Gasteiger partial charge in [0.25, 0.3) is 5.91 Å². The molecule has 1 spiro atoms. The van der Waals surface area contributed by atoms with Crippen LogP contribution in [0.3, 0.4) is 0 Å². The summed E-state index contributed by atoms with van der Waals surface area (Å²) in [5, 5.41) is 38.8. The van der Waals surface area contributed by atoms with Crippen molar-refractivity contribution in [2.24, 2.45) is 5.92 Å². The van der Waals surface area contributed by atoms with Gasteiger partial charge in [-0.25, -0.2) is 0 Å². The van der Waals surface area contributed by atoms with Gasteiger partial charge in [-0.05, 0) is 61.9 Å². The summed E-state index contributed by atoms with van der Waals surface area (Å²) in [5.74, 6) is 0.320. The van der Waals surface area contributed by atoms with Gasteiger partial charge in [-0.15, -0.1) is 0 Å². The summed E-state index contributed by atoms with van der Waals surface area (Å²) in [6.07, 6.45) is 4.26. The smallest absolute Gasteiger partial charge is 0.255 e. The van der Waals surface area contributed by atoms with E-state index in [1.54, 1.807) is 12.3 Å². The Hall–Kier alpha value is -3.62. The molecule has 4 N–H and O–H groups in total. The van der Waals surface area contributed by atoms with E-state index in [0.29, 0.717) is 30.2 Å². The number of benzene rings is 2. The molecule has 202 valence electrons. The second-order valence-electron chi connectivity index (χ2n) is 11.7. The third kappa shape index (κ3) is 3.19. The molecule has 3 aromatic rings. The Labute approximate surface area is 226 Å². The number of para-hydroxylation sites is 1. The highest BCUT2D eigenvalue weighted by Crippen LogP contribution is 2.66. The summed E-state index contributed by atoms with van der Waals surface area (Å²) < 4.78 is 6.28. The summed E-state index contributed by atoms with van der Waals surface area (Å²) in [4.78, 5) is 20.5. The molecule has 1 saturated heterocycles. The van der Waals surface area contributed by atoms with Crippen molar-refractivity contribution in [3.63, 3.8) is 0 Å². The number of hydrogen-bond acceptors (Lipinski definition) is 7. The standard InChI is InChI=1S/C30H29N3O5.CH4/c34-22-8-7-18-12-23-30(37)13-20(28(36)32-19-11-17-3-1-2-4-21(17)31-14-19)25(35)27-29(30,24(18)26(22)38-27)9-10-33(23)15-16-5-6-16;/h1-4,7-8,11,14,16,23,27,34-35,37H,5-6,9-10,12-13,15H2,(H,32,36);1H4/t23-,27+,29+,30-;/m1./s1. The number of aromatic hydroxyl groups is 1. The minimum atomic E-state index is -1.34. The molecule has 5 aliphatic rings. The number of fused-ring (bicyclic) bond motifs is 1. The van der Waals surface area contributed by atoms with Crippen LogP contribution in [0, 0.1) is 5.92 Å². The second kappa shape index (κ2) is 8.19. The second-order valence-corrected chi connectivity index (χ2v) is 11.7. The Morgan fingerprint density at radius 2 is 2.00 bits per heavy atom. The molecule has 4 atom stereocenters. The van der Waals surface area contributed by atoms with Crippen LogP contribution in [0.5, 0.6) is 11.5 Å². The van der Waals surface area contributed by atoms with E-state index in [2.05, 4.69) is 15.2 Å². The first-order valence-corrected chi connectivity index (χ1v) is 13.5. The van der Waals surface area contributed by atoms with E-state index < -0.39 is 23.0 Å². The molecule has 3 heterocycles. The van der Waals surface area contributed by atoms with Crippen LogP contribution in [0.25, 0.3) is 10.9 Å². The molecule has 3 aliphatic carbocycles. The molecule has 2 aromatic carbocycles. The highest BCUT2D eigenvalue weighted by molar-refractivity contribution is 6.05. The van der Waals surface area contributed by atoms with Gasteiger partial charge in [0.15, 0.2) is 17.6 Å². The zero-order chi connectivity index (χ0) is 25.8. The maximum Gasteiger partial charge on any atom is 0.255 e. The first-order valence-electron chi connectivity index (χ1n) is 13.5. The van der Waals surface area contributed by atoms with E-state index in [4.69, 9.17) is 4.74 Å². The number of anilines is 1. The number of aromatic nitrogens is 1. The Morgan fingerprint density at radius 1 is 1.18 bits per heavy atom. The zero-order valence-corrected chi connectivity index (χ0v) is 20.9. The van der Waals surface area contributed by atoms with Gasteiger partial charge in [0, 0.05) is 30.0 Å². The Bertz CT molecular complexity index is 1570. The molecule has 8 nitrogen and oxygen atoms in total. The molecule has 1 aromatic heterocycles. The van der Waals surface area contributed by atoms with Crippen LogP contribution in [0.2, 0.25) is 0 Å². The Kier molecular flexibility index (Phi) is 5.13. The molecule has 8 rings (SSSR count). The summed E-state index contributed by atoms with van der Waals surface area (Å²) in [6.45, 7) is 1.70. The van der Waals surface area contributed by atoms with Crippen LogP contribution in [0.1, 0.15) is 44.2 Å². The first kappa shape index (κ1) is 24.4. The van der Waals surface area contributed by atoms with Gasteiger partial charge in [0.2, 0.25) is 0 Å². The van der Waals surface area contributed by atoms with Crippen LogP contribution in [0.15, 0.2) is 60.0 Å². The number of aliphatic hydroxyl groups is 2. The maximum atomic E-state index is 13.7. The predicted octanol–water partition coefficient (Wildman–Crippen LogP) is 4.20. The molecule has 2 aliphatic heterocycles. The number of piperidine rings is 1. The van der Waals surface area contributed by atoms with Crippen LogP contribution in [-0.4, -0.2) is 61.9 Å². The number of pyridine rings is 1. The summed E-state index contributed by atoms with van der Waals surface area (Å²) in [6, 6.07) is 12.8. The molecular weight excluding hydrogens is 494 g/mol. The van der Waals surface area contributed by atoms with Crippen LogP contribution in [0.4, 0.5) is 5.69 Å². The molecule has 2 bridgehead atoms. The number of hydrogen-bond donors (Lipinski definition) is 4. The first-order chi connectivity index (χ1) is 18.4. The number of amides is 1. The highest BCUT2D eigenvalue weighted by atomic mass is 16.5. The van der Waals surface area contributed by atoms with Crippen molar-refractivity contribution in [1.29, 1.82) is 0 Å². The minimum Gasteiger partial charge on any atom is -0.508 e. The van der Waals surface area contributed by atoms with E-state index in [1.165, 1.54) is 12.8 Å². The topological polar surface area (TPSA) is 115 Å². The predicted molar refractivity (Wildman–Crippen MR) is 147 cm³/mol. The monoisotopic (exact) mass is 527 g/mol. The number of phenols is 1. The quantitative estimate of drug-likeness (QED) is 0.402. The van der Waals surface area contributed by atoms with Crippen LogP contribution < -0.4 is 10.1 Å². The van der Waals surface area contributed by atoms with Crippen molar-refractivity contribution >= 4 is 22.5 Å². The lowest BCUT2D eigenvalue weighted by Gasteiger charge is -2.62. The molecule has 8 heteroatoms. The number of carbonyl (C=O) groups is 1. The van der Waals surface area contributed by atoms with E-state index in [-0.39, 0.29) is 37.0 Å². The zero-order valence-electron chi connectivity index (χ0n) is 20.9. The van der Waals surface area contributed by atoms with Gasteiger partial charge >= 0.3 is 0 Å². The number of carbonyl (C=O) groups excluding carboxylic acids is 1. The fourth-order valence-corrected chi connectivity index (χ4v) is 7.71. The largest absolute Gasteiger partial charge is 0.508 e. The van der Waals surface area contributed by atoms with E-state index in [1.807, 2.05) is 36.4 Å². The number of phenolic OH excluding ortho intramolecular Hbond substituents is 1. The molecule has 0 unspecified atom stereocenters. The number of nitrogens with one attached hydrogen (secondary N) is 1. The summed E-state index contributed by atoms with van der Waals surface area (Å²) in [7, 11) is 0. The third-order valence-corrected chi connectivity index (χ3v) is 9.64. The van der Waals surface area contributed by atoms with Crippen molar-refractivity contribution in [1.82, 2.24) is 9.88 Å². The van der Waals surface area contributed by atoms with Crippen molar-refractivity contribution in [3.8, 4) is 11.5 Å². The average molecular weight is 528 g/mol. The van der Waals surface area contributed by atoms with Gasteiger partial charge in [-0.2, -0.15) is 0 Å². The normalized spacial score (nSPS) is 30.4. The van der Waals surface area contributed by atoms with E-state index >= 15 is 0 Å². The lowest BCUT2D eigenvalue weighted by molar-refractivity contribution is -0.172. The molecule has 1 saturated carbocycles. The molecule has 39 heavy (non-hydrogen) atoms. The average Bonchev–Trinajstić information content (AvgIpc) is 3.65. The summed E-state index contributed by atoms with van der Waals surface area (Å²) in [5.41, 5.74) is 1.04. The molecular formula is C31H33N3O5. The maximum absolute atomic E-state index is 13.7. The van der Waals surface area contributed by atoms with Gasteiger partial charge in [-0.3, -0.25) is 14.7 Å². The Balaban J connectivity index is 0.00000253. The molecule has 0 radical (unpaired) electrons. The number of likely N-dealkylation sites (tertiary alicyclic amines) is 1. The van der Waals surface area contributed by atoms with E-state index in [9.17, 15) is 20.1 Å². The number of aliphatic hydroxyl groups excluding tert-OH is 1. The van der Waals surface area contributed by atoms with Gasteiger partial charge in [0.05, 0.1) is 34.0 Å². The Morgan fingerprint density at radius 3 is 2.82 bits per heavy atom. The minimum absolute atomic E-state index is 0. The highest BCUT2D eigenvalue weighted by Gasteiger charge is 2.73. The fraction of sp³-hybridized carbons (Fsp3) is 0.419. The van der Waals surface area contributed by atoms with Crippen molar-refractivity contribution in [2.75, 3.05) is 18.4 Å². The number of ether oxygens (including phenoxy) is 1. The fourth-order valence-electron chi connectivity index (χ4n) is 7.71. The molecule has 1 amide bonds. The van der Waals surface area contributed by atoms with Gasteiger partial charge in [-0.1, -0.05) is 31.7 Å². The SMILES string of the molecule is C.O=C(Nc1cnc2ccccc2c1)C1=C(O)[C@@H]2Oc3c(O)ccc4c3[C@@]23CCN(CC2CC2)[C@H](C4)[C@]3(O)C1. The van der Waals surface area contributed by atoms with E-state index in [0.717, 1.165) is 35.1 Å². The van der Waals surface area contributed by atoms with Crippen LogP contribution >= 0.6 is 0 Å². The van der Waals surface area contributed by atoms with Crippen molar-refractivity contribution in [2.45, 2.75) is 62.7 Å². The molecule has 2 fully saturated rings. The number of nitrogens with zero attached hydrogens (tertiary/aromatic N) is 2. The number of rotatable bonds is 4. The van der Waals surface area contributed by atoms with Crippen molar-refractivity contribution < 1.29 is 24.9 Å². The third-order valence-electron chi connectivity index (χ3n) is 9.64.